The molecule has 3 atom stereocenters. The van der Waals surface area contributed by atoms with E-state index in [0.717, 1.165) is 18.6 Å². The summed E-state index contributed by atoms with van der Waals surface area (Å²) in [5.74, 6) is 0.844. The molecule has 86 valence electrons. The number of hydroxylamine groups is 2. The van der Waals surface area contributed by atoms with E-state index >= 15 is 0 Å². The van der Waals surface area contributed by atoms with Gasteiger partial charge in [-0.3, -0.25) is 4.84 Å². The molecule has 2 heterocycles. The number of nitrogens with zero attached hydrogens (tertiary/aromatic N) is 1. The molecule has 0 amide bonds. The lowest BCUT2D eigenvalue weighted by Gasteiger charge is -2.45. The molecule has 0 unspecified atom stereocenters. The van der Waals surface area contributed by atoms with E-state index in [1.165, 1.54) is 51.5 Å². The summed E-state index contributed by atoms with van der Waals surface area (Å²) in [6.07, 6.45) is 9.85. The first kappa shape index (κ1) is 10.1. The highest BCUT2D eigenvalue weighted by atomic mass is 16.7. The van der Waals surface area contributed by atoms with Gasteiger partial charge in [0.1, 0.15) is 0 Å². The van der Waals surface area contributed by atoms with Crippen LogP contribution in [0.1, 0.15) is 51.9 Å². The Balaban J connectivity index is 1.93. The van der Waals surface area contributed by atoms with Gasteiger partial charge in [-0.25, -0.2) is 0 Å². The summed E-state index contributed by atoms with van der Waals surface area (Å²) >= 11 is 0. The van der Waals surface area contributed by atoms with Crippen molar-refractivity contribution in [3.05, 3.63) is 0 Å². The molecule has 3 fully saturated rings. The molecule has 0 spiro atoms. The van der Waals surface area contributed by atoms with Gasteiger partial charge in [-0.1, -0.05) is 19.8 Å². The molecule has 2 nitrogen and oxygen atoms in total. The topological polar surface area (TPSA) is 12.5 Å². The molecule has 0 bridgehead atoms. The fourth-order valence-corrected chi connectivity index (χ4v) is 4.29. The first-order chi connectivity index (χ1) is 7.36. The van der Waals surface area contributed by atoms with Gasteiger partial charge in [0.15, 0.2) is 0 Å². The zero-order valence-corrected chi connectivity index (χ0v) is 9.87. The van der Waals surface area contributed by atoms with E-state index in [-0.39, 0.29) is 0 Å². The second-order valence-corrected chi connectivity index (χ2v) is 5.71. The number of rotatable bonds is 1. The molecule has 0 aromatic heterocycles. The minimum absolute atomic E-state index is 0.607. The van der Waals surface area contributed by atoms with Crippen LogP contribution in [0.15, 0.2) is 0 Å². The van der Waals surface area contributed by atoms with E-state index in [0.29, 0.717) is 5.41 Å². The van der Waals surface area contributed by atoms with Crippen molar-refractivity contribution >= 4 is 0 Å². The Kier molecular flexibility index (Phi) is 2.52. The third kappa shape index (κ3) is 1.45. The quantitative estimate of drug-likeness (QED) is 0.658. The van der Waals surface area contributed by atoms with Gasteiger partial charge in [0.05, 0.1) is 6.61 Å². The molecule has 0 N–H and O–H groups in total. The Morgan fingerprint density at radius 2 is 2.13 bits per heavy atom. The Bertz CT molecular complexity index is 243. The Labute approximate surface area is 92.9 Å². The standard InChI is InChI=1S/C13H23NO/c1-2-13-7-3-4-9-14-12(13)11(10-15-14)6-5-8-13/h11-12H,2-10H2,1H3/t11-,12+,13-/m1/s1. The van der Waals surface area contributed by atoms with Gasteiger partial charge in [0.25, 0.3) is 0 Å². The fourth-order valence-electron chi connectivity index (χ4n) is 4.29. The predicted molar refractivity (Wildman–Crippen MR) is 60.4 cm³/mol. The van der Waals surface area contributed by atoms with Crippen LogP contribution in [0.5, 0.6) is 0 Å². The van der Waals surface area contributed by atoms with Gasteiger partial charge < -0.3 is 0 Å². The summed E-state index contributed by atoms with van der Waals surface area (Å²) in [6, 6.07) is 0.763. The van der Waals surface area contributed by atoms with E-state index in [2.05, 4.69) is 12.0 Å². The minimum atomic E-state index is 0.607. The van der Waals surface area contributed by atoms with Crippen LogP contribution in [0, 0.1) is 11.3 Å². The highest BCUT2D eigenvalue weighted by molar-refractivity contribution is 5.00. The van der Waals surface area contributed by atoms with Crippen LogP contribution >= 0.6 is 0 Å². The Hall–Kier alpha value is -0.0800. The maximum Gasteiger partial charge on any atom is 0.0729 e. The lowest BCUT2D eigenvalue weighted by Crippen LogP contribution is -2.48. The van der Waals surface area contributed by atoms with Crippen LogP contribution in [0.25, 0.3) is 0 Å². The van der Waals surface area contributed by atoms with Crippen LogP contribution in [0.2, 0.25) is 0 Å². The van der Waals surface area contributed by atoms with E-state index in [4.69, 9.17) is 4.84 Å². The van der Waals surface area contributed by atoms with Crippen LogP contribution in [-0.2, 0) is 4.84 Å². The van der Waals surface area contributed by atoms with Gasteiger partial charge in [-0.15, -0.1) is 0 Å². The largest absolute Gasteiger partial charge is 0.298 e. The van der Waals surface area contributed by atoms with Crippen molar-refractivity contribution in [2.75, 3.05) is 13.2 Å². The van der Waals surface area contributed by atoms with Gasteiger partial charge in [0, 0.05) is 18.5 Å². The van der Waals surface area contributed by atoms with Crippen molar-refractivity contribution in [2.24, 2.45) is 11.3 Å². The van der Waals surface area contributed by atoms with Crippen LogP contribution < -0.4 is 0 Å². The summed E-state index contributed by atoms with van der Waals surface area (Å²) in [5, 5.41) is 2.36. The molecule has 0 aromatic carbocycles. The summed E-state index contributed by atoms with van der Waals surface area (Å²) < 4.78 is 0. The van der Waals surface area contributed by atoms with Crippen molar-refractivity contribution in [2.45, 2.75) is 57.9 Å². The van der Waals surface area contributed by atoms with Gasteiger partial charge >= 0.3 is 0 Å². The first-order valence-electron chi connectivity index (χ1n) is 6.75. The fraction of sp³-hybridized carbons (Fsp3) is 1.00. The number of hydrogen-bond donors (Lipinski definition) is 0. The third-order valence-electron chi connectivity index (χ3n) is 5.10. The van der Waals surface area contributed by atoms with Crippen LogP contribution in [-0.4, -0.2) is 24.3 Å². The zero-order valence-electron chi connectivity index (χ0n) is 9.87. The van der Waals surface area contributed by atoms with Crippen molar-refractivity contribution in [3.63, 3.8) is 0 Å². The highest BCUT2D eigenvalue weighted by Crippen LogP contribution is 2.51. The summed E-state index contributed by atoms with van der Waals surface area (Å²) in [5.41, 5.74) is 0.607. The predicted octanol–water partition coefficient (Wildman–Crippen LogP) is 2.98. The molecule has 2 saturated heterocycles. The number of hydrogen-bond acceptors (Lipinski definition) is 2. The Morgan fingerprint density at radius 3 is 3.00 bits per heavy atom. The molecular formula is C13H23NO. The average molecular weight is 209 g/mol. The summed E-state index contributed by atoms with van der Waals surface area (Å²) in [4.78, 5) is 5.91. The molecule has 3 aliphatic rings. The lowest BCUT2D eigenvalue weighted by molar-refractivity contribution is -0.153. The highest BCUT2D eigenvalue weighted by Gasteiger charge is 2.51. The van der Waals surface area contributed by atoms with E-state index < -0.39 is 0 Å². The van der Waals surface area contributed by atoms with E-state index in [9.17, 15) is 0 Å². The van der Waals surface area contributed by atoms with E-state index in [1.807, 2.05) is 0 Å². The minimum Gasteiger partial charge on any atom is -0.298 e. The molecule has 2 aliphatic heterocycles. The van der Waals surface area contributed by atoms with Crippen LogP contribution in [0.4, 0.5) is 0 Å². The summed E-state index contributed by atoms with van der Waals surface area (Å²) in [7, 11) is 0. The zero-order chi connectivity index (χ0) is 10.3. The van der Waals surface area contributed by atoms with Gasteiger partial charge in [-0.2, -0.15) is 5.06 Å². The lowest BCUT2D eigenvalue weighted by atomic mass is 9.63. The van der Waals surface area contributed by atoms with Crippen molar-refractivity contribution < 1.29 is 4.84 Å². The maximum absolute atomic E-state index is 5.91. The van der Waals surface area contributed by atoms with E-state index in [1.54, 1.807) is 0 Å². The molecule has 0 aromatic rings. The SMILES string of the molecule is CC[C@@]12CCCCN3OC[C@@H](CCC1)[C@H]32. The monoisotopic (exact) mass is 209 g/mol. The Morgan fingerprint density at radius 1 is 1.27 bits per heavy atom. The molecule has 1 aliphatic carbocycles. The van der Waals surface area contributed by atoms with Crippen LogP contribution in [0.3, 0.4) is 0 Å². The molecule has 2 heteroatoms. The average Bonchev–Trinajstić information content (AvgIpc) is 2.58. The molecule has 15 heavy (non-hydrogen) atoms. The second kappa shape index (κ2) is 3.74. The molecule has 1 saturated carbocycles. The second-order valence-electron chi connectivity index (χ2n) is 5.71. The summed E-state index contributed by atoms with van der Waals surface area (Å²) in [6.45, 7) is 4.58. The van der Waals surface area contributed by atoms with Crippen molar-refractivity contribution in [3.8, 4) is 0 Å². The molecular weight excluding hydrogens is 186 g/mol. The van der Waals surface area contributed by atoms with Gasteiger partial charge in [0.2, 0.25) is 0 Å². The normalized spacial score (nSPS) is 46.2. The molecule has 0 radical (unpaired) electrons. The smallest absolute Gasteiger partial charge is 0.0729 e. The van der Waals surface area contributed by atoms with Crippen molar-refractivity contribution in [1.82, 2.24) is 5.06 Å². The molecule has 3 rings (SSSR count). The maximum atomic E-state index is 5.91. The third-order valence-corrected chi connectivity index (χ3v) is 5.10. The van der Waals surface area contributed by atoms with Gasteiger partial charge in [-0.05, 0) is 37.5 Å². The van der Waals surface area contributed by atoms with Crippen molar-refractivity contribution in [1.29, 1.82) is 0 Å². The first-order valence-corrected chi connectivity index (χ1v) is 6.75.